The Labute approximate surface area is 69.6 Å². The number of hydrogen-bond donors (Lipinski definition) is 2. The number of amides is 1. The van der Waals surface area contributed by atoms with Gasteiger partial charge in [0.05, 0.1) is 6.10 Å². The third kappa shape index (κ3) is 1.40. The molecule has 5 heteroatoms. The highest BCUT2D eigenvalue weighted by atomic mass is 16.4. The minimum atomic E-state index is -1.14. The average molecular weight is 173 g/mol. The van der Waals surface area contributed by atoms with Crippen molar-refractivity contribution < 1.29 is 19.8 Å². The zero-order valence-electron chi connectivity index (χ0n) is 6.73. The van der Waals surface area contributed by atoms with E-state index < -0.39 is 18.1 Å². The monoisotopic (exact) mass is 173 g/mol. The standard InChI is InChI=1S/C7H11NO4/c1-4(9)8-3-2-5(10)6(8)7(11)12/h5-6,10H,2-3H2,1H3,(H,11,12)/t5-,6-/m1/s1. The number of carbonyl (C=O) groups is 2. The molecule has 1 aliphatic rings. The van der Waals surface area contributed by atoms with Crippen molar-refractivity contribution in [2.75, 3.05) is 6.54 Å². The van der Waals surface area contributed by atoms with Crippen molar-refractivity contribution in [1.82, 2.24) is 4.90 Å². The number of carboxylic acids is 1. The normalized spacial score (nSPS) is 29.0. The van der Waals surface area contributed by atoms with Crippen LogP contribution in [0.5, 0.6) is 0 Å². The summed E-state index contributed by atoms with van der Waals surface area (Å²) in [4.78, 5) is 22.6. The van der Waals surface area contributed by atoms with E-state index in [1.807, 2.05) is 0 Å². The third-order valence-electron chi connectivity index (χ3n) is 2.02. The summed E-state index contributed by atoms with van der Waals surface area (Å²) >= 11 is 0. The Bertz CT molecular complexity index is 215. The van der Waals surface area contributed by atoms with Gasteiger partial charge >= 0.3 is 5.97 Å². The Hall–Kier alpha value is -1.10. The molecule has 0 unspecified atom stereocenters. The smallest absolute Gasteiger partial charge is 0.329 e. The first-order valence-electron chi connectivity index (χ1n) is 3.72. The third-order valence-corrected chi connectivity index (χ3v) is 2.02. The fraction of sp³-hybridized carbons (Fsp3) is 0.714. The number of nitrogens with zero attached hydrogens (tertiary/aromatic N) is 1. The molecule has 0 bridgehead atoms. The molecular weight excluding hydrogens is 162 g/mol. The van der Waals surface area contributed by atoms with Crippen LogP contribution in [0, 0.1) is 0 Å². The van der Waals surface area contributed by atoms with Crippen LogP contribution in [0.2, 0.25) is 0 Å². The molecule has 2 atom stereocenters. The minimum absolute atomic E-state index is 0.307. The van der Waals surface area contributed by atoms with Gasteiger partial charge in [0.15, 0.2) is 6.04 Å². The van der Waals surface area contributed by atoms with E-state index >= 15 is 0 Å². The number of aliphatic hydroxyl groups excluding tert-OH is 1. The van der Waals surface area contributed by atoms with Crippen LogP contribution in [0.3, 0.4) is 0 Å². The molecule has 0 aromatic carbocycles. The van der Waals surface area contributed by atoms with Gasteiger partial charge < -0.3 is 15.1 Å². The molecule has 1 heterocycles. The maximum absolute atomic E-state index is 10.9. The lowest BCUT2D eigenvalue weighted by Crippen LogP contribution is -2.44. The van der Waals surface area contributed by atoms with Gasteiger partial charge in [-0.3, -0.25) is 4.79 Å². The second kappa shape index (κ2) is 3.10. The number of carboxylic acid groups (broad SMARTS) is 1. The van der Waals surface area contributed by atoms with Crippen LogP contribution in [0.25, 0.3) is 0 Å². The zero-order chi connectivity index (χ0) is 9.30. The number of hydrogen-bond acceptors (Lipinski definition) is 3. The van der Waals surface area contributed by atoms with Crippen LogP contribution in [0.1, 0.15) is 13.3 Å². The first-order valence-corrected chi connectivity index (χ1v) is 3.72. The molecule has 0 aromatic heterocycles. The average Bonchev–Trinajstić information content (AvgIpc) is 2.30. The van der Waals surface area contributed by atoms with Crippen molar-refractivity contribution in [2.24, 2.45) is 0 Å². The summed E-state index contributed by atoms with van der Waals surface area (Å²) in [7, 11) is 0. The molecule has 0 spiro atoms. The lowest BCUT2D eigenvalue weighted by Gasteiger charge is -2.20. The second-order valence-corrected chi connectivity index (χ2v) is 2.85. The predicted molar refractivity (Wildman–Crippen MR) is 39.4 cm³/mol. The first kappa shape index (κ1) is 8.99. The van der Waals surface area contributed by atoms with Crippen molar-refractivity contribution in [3.63, 3.8) is 0 Å². The minimum Gasteiger partial charge on any atom is -0.480 e. The lowest BCUT2D eigenvalue weighted by molar-refractivity contribution is -0.150. The van der Waals surface area contributed by atoms with Gasteiger partial charge in [0.1, 0.15) is 0 Å². The topological polar surface area (TPSA) is 77.8 Å². The van der Waals surface area contributed by atoms with E-state index in [0.717, 1.165) is 0 Å². The fourth-order valence-electron chi connectivity index (χ4n) is 1.43. The van der Waals surface area contributed by atoms with Crippen LogP contribution in [0.15, 0.2) is 0 Å². The van der Waals surface area contributed by atoms with E-state index in [1.54, 1.807) is 0 Å². The highest BCUT2D eigenvalue weighted by Gasteiger charge is 2.39. The summed E-state index contributed by atoms with van der Waals surface area (Å²) in [5.41, 5.74) is 0. The van der Waals surface area contributed by atoms with E-state index in [9.17, 15) is 14.7 Å². The highest BCUT2D eigenvalue weighted by Crippen LogP contribution is 2.17. The molecule has 1 fully saturated rings. The quantitative estimate of drug-likeness (QED) is 0.536. The summed E-state index contributed by atoms with van der Waals surface area (Å²) in [5.74, 6) is -1.45. The van der Waals surface area contributed by atoms with Crippen LogP contribution in [-0.2, 0) is 9.59 Å². The molecule has 0 radical (unpaired) electrons. The number of likely N-dealkylation sites (tertiary alicyclic amines) is 1. The van der Waals surface area contributed by atoms with Gasteiger partial charge in [-0.05, 0) is 6.42 Å². The van der Waals surface area contributed by atoms with Crippen LogP contribution >= 0.6 is 0 Å². The number of carbonyl (C=O) groups excluding carboxylic acids is 1. The molecule has 1 aliphatic heterocycles. The first-order chi connectivity index (χ1) is 5.54. The number of aliphatic carboxylic acids is 1. The van der Waals surface area contributed by atoms with Crippen LogP contribution in [-0.4, -0.2) is 45.7 Å². The van der Waals surface area contributed by atoms with Gasteiger partial charge in [-0.15, -0.1) is 0 Å². The molecule has 12 heavy (non-hydrogen) atoms. The summed E-state index contributed by atoms with van der Waals surface area (Å²) in [6, 6.07) is -1.05. The van der Waals surface area contributed by atoms with E-state index in [0.29, 0.717) is 13.0 Å². The Balaban J connectivity index is 2.77. The molecule has 1 rings (SSSR count). The van der Waals surface area contributed by atoms with Crippen molar-refractivity contribution in [1.29, 1.82) is 0 Å². The van der Waals surface area contributed by atoms with E-state index in [1.165, 1.54) is 11.8 Å². The van der Waals surface area contributed by atoms with Crippen LogP contribution < -0.4 is 0 Å². The summed E-state index contributed by atoms with van der Waals surface area (Å²) < 4.78 is 0. The molecule has 68 valence electrons. The Morgan fingerprint density at radius 3 is 2.42 bits per heavy atom. The Morgan fingerprint density at radius 1 is 1.50 bits per heavy atom. The van der Waals surface area contributed by atoms with Gasteiger partial charge in [0, 0.05) is 13.5 Å². The van der Waals surface area contributed by atoms with Gasteiger partial charge in [-0.25, -0.2) is 4.79 Å². The Kier molecular flexibility index (Phi) is 2.32. The van der Waals surface area contributed by atoms with Gasteiger partial charge in [-0.1, -0.05) is 0 Å². The number of rotatable bonds is 1. The van der Waals surface area contributed by atoms with E-state index in [-0.39, 0.29) is 5.91 Å². The molecule has 0 aliphatic carbocycles. The molecular formula is C7H11NO4. The van der Waals surface area contributed by atoms with Crippen molar-refractivity contribution in [2.45, 2.75) is 25.5 Å². The number of aliphatic hydroxyl groups is 1. The highest BCUT2D eigenvalue weighted by molar-refractivity contribution is 5.83. The SMILES string of the molecule is CC(=O)N1CC[C@@H](O)[C@@H]1C(=O)O. The summed E-state index contributed by atoms with van der Waals surface area (Å²) in [6.45, 7) is 1.63. The molecule has 1 amide bonds. The largest absolute Gasteiger partial charge is 0.480 e. The van der Waals surface area contributed by atoms with Gasteiger partial charge in [0.2, 0.25) is 5.91 Å². The Morgan fingerprint density at radius 2 is 2.08 bits per heavy atom. The molecule has 1 saturated heterocycles. The van der Waals surface area contributed by atoms with Crippen molar-refractivity contribution >= 4 is 11.9 Å². The lowest BCUT2D eigenvalue weighted by atomic mass is 10.2. The zero-order valence-corrected chi connectivity index (χ0v) is 6.73. The molecule has 5 nitrogen and oxygen atoms in total. The van der Waals surface area contributed by atoms with E-state index in [2.05, 4.69) is 0 Å². The van der Waals surface area contributed by atoms with Crippen molar-refractivity contribution in [3.8, 4) is 0 Å². The van der Waals surface area contributed by atoms with Crippen molar-refractivity contribution in [3.05, 3.63) is 0 Å². The van der Waals surface area contributed by atoms with Crippen LogP contribution in [0.4, 0.5) is 0 Å². The summed E-state index contributed by atoms with van der Waals surface area (Å²) in [5, 5.41) is 17.9. The molecule has 0 saturated carbocycles. The van der Waals surface area contributed by atoms with Gasteiger partial charge in [-0.2, -0.15) is 0 Å². The predicted octanol–water partition coefficient (Wildman–Crippen LogP) is -0.947. The second-order valence-electron chi connectivity index (χ2n) is 2.85. The maximum Gasteiger partial charge on any atom is 0.329 e. The molecule has 2 N–H and O–H groups in total. The van der Waals surface area contributed by atoms with Gasteiger partial charge in [0.25, 0.3) is 0 Å². The summed E-state index contributed by atoms with van der Waals surface area (Å²) in [6.07, 6.45) is -0.581. The van der Waals surface area contributed by atoms with E-state index in [4.69, 9.17) is 5.11 Å². The molecule has 0 aromatic rings. The fourth-order valence-corrected chi connectivity index (χ4v) is 1.43. The maximum atomic E-state index is 10.9.